The number of benzene rings is 1. The second-order valence-electron chi connectivity index (χ2n) is 5.00. The number of amides is 1. The first-order valence-electron chi connectivity index (χ1n) is 7.03. The summed E-state index contributed by atoms with van der Waals surface area (Å²) in [5, 5.41) is 17.0. The first-order valence-corrected chi connectivity index (χ1v) is 7.03. The van der Waals surface area contributed by atoms with E-state index in [0.29, 0.717) is 18.4 Å². The molecule has 0 aliphatic rings. The van der Waals surface area contributed by atoms with Gasteiger partial charge in [-0.2, -0.15) is 5.10 Å². The van der Waals surface area contributed by atoms with Crippen LogP contribution >= 0.6 is 0 Å². The molecule has 6 nitrogen and oxygen atoms in total. The molecule has 0 atom stereocenters. The molecule has 0 bridgehead atoms. The Kier molecular flexibility index (Phi) is 4.70. The van der Waals surface area contributed by atoms with Gasteiger partial charge in [0, 0.05) is 12.1 Å². The predicted octanol–water partition coefficient (Wildman–Crippen LogP) is 1.55. The first-order chi connectivity index (χ1) is 10.1. The van der Waals surface area contributed by atoms with Crippen LogP contribution in [0.25, 0.3) is 5.69 Å². The fraction of sp³-hybridized carbons (Fsp3) is 0.400. The van der Waals surface area contributed by atoms with E-state index in [1.54, 1.807) is 35.3 Å². The highest BCUT2D eigenvalue weighted by molar-refractivity contribution is 5.94. The van der Waals surface area contributed by atoms with Crippen LogP contribution in [-0.2, 0) is 0 Å². The van der Waals surface area contributed by atoms with E-state index in [2.05, 4.69) is 15.4 Å². The van der Waals surface area contributed by atoms with Crippen molar-refractivity contribution >= 4 is 5.91 Å². The molecule has 1 aromatic carbocycles. The number of aromatic nitrogens is 3. The van der Waals surface area contributed by atoms with Gasteiger partial charge in [-0.25, -0.2) is 9.67 Å². The number of aliphatic hydroxyl groups is 1. The van der Waals surface area contributed by atoms with E-state index in [1.807, 2.05) is 13.8 Å². The maximum Gasteiger partial charge on any atom is 0.251 e. The summed E-state index contributed by atoms with van der Waals surface area (Å²) in [6.45, 7) is 4.06. The highest BCUT2D eigenvalue weighted by Gasteiger charge is 2.22. The number of nitrogens with one attached hydrogen (secondary N) is 1. The summed E-state index contributed by atoms with van der Waals surface area (Å²) in [6, 6.07) is 7.05. The summed E-state index contributed by atoms with van der Waals surface area (Å²) in [5.74, 6) is -0.194. The van der Waals surface area contributed by atoms with Gasteiger partial charge in [-0.1, -0.05) is 13.8 Å². The lowest BCUT2D eigenvalue weighted by atomic mass is 9.97. The second kappa shape index (κ2) is 6.49. The van der Waals surface area contributed by atoms with Crippen LogP contribution in [0.3, 0.4) is 0 Å². The summed E-state index contributed by atoms with van der Waals surface area (Å²) in [7, 11) is 0. The van der Waals surface area contributed by atoms with Crippen molar-refractivity contribution in [3.8, 4) is 5.69 Å². The normalized spacial score (nSPS) is 11.4. The summed E-state index contributed by atoms with van der Waals surface area (Å²) in [4.78, 5) is 15.9. The Bertz CT molecular complexity index is 574. The largest absolute Gasteiger partial charge is 0.388 e. The zero-order chi connectivity index (χ0) is 15.3. The quantitative estimate of drug-likeness (QED) is 0.845. The lowest BCUT2D eigenvalue weighted by Crippen LogP contribution is -2.42. The summed E-state index contributed by atoms with van der Waals surface area (Å²) in [6.07, 6.45) is 4.26. The predicted molar refractivity (Wildman–Crippen MR) is 79.2 cm³/mol. The molecule has 0 saturated carbocycles. The molecule has 0 fully saturated rings. The zero-order valence-electron chi connectivity index (χ0n) is 12.3. The van der Waals surface area contributed by atoms with E-state index < -0.39 is 5.60 Å². The molecule has 2 rings (SSSR count). The van der Waals surface area contributed by atoms with E-state index in [9.17, 15) is 9.90 Å². The summed E-state index contributed by atoms with van der Waals surface area (Å²) in [5.41, 5.74) is 0.548. The standard InChI is InChI=1S/C15H20N4O2/c1-3-15(21,4-2)9-17-14(20)12-5-7-13(8-6-12)19-11-16-10-18-19/h5-8,10-11,21H,3-4,9H2,1-2H3,(H,17,20). The summed E-state index contributed by atoms with van der Waals surface area (Å²) >= 11 is 0. The molecule has 0 saturated heterocycles. The molecule has 2 aromatic rings. The maximum atomic E-state index is 12.1. The number of hydrogen-bond acceptors (Lipinski definition) is 4. The van der Waals surface area contributed by atoms with Crippen LogP contribution in [0, 0.1) is 0 Å². The van der Waals surface area contributed by atoms with Crippen LogP contribution in [0.1, 0.15) is 37.0 Å². The van der Waals surface area contributed by atoms with Crippen LogP contribution in [0.15, 0.2) is 36.9 Å². The molecule has 1 aromatic heterocycles. The molecule has 0 spiro atoms. The highest BCUT2D eigenvalue weighted by atomic mass is 16.3. The van der Waals surface area contributed by atoms with E-state index >= 15 is 0 Å². The third-order valence-electron chi connectivity index (χ3n) is 3.71. The lowest BCUT2D eigenvalue weighted by molar-refractivity contribution is 0.0314. The van der Waals surface area contributed by atoms with Crippen molar-refractivity contribution in [2.24, 2.45) is 0 Å². The van der Waals surface area contributed by atoms with E-state index in [1.165, 1.54) is 6.33 Å². The molecule has 0 radical (unpaired) electrons. The smallest absolute Gasteiger partial charge is 0.251 e. The molecule has 6 heteroatoms. The summed E-state index contributed by atoms with van der Waals surface area (Å²) < 4.78 is 1.62. The van der Waals surface area contributed by atoms with Crippen molar-refractivity contribution in [3.05, 3.63) is 42.5 Å². The number of nitrogens with zero attached hydrogens (tertiary/aromatic N) is 3. The Morgan fingerprint density at radius 3 is 2.48 bits per heavy atom. The lowest BCUT2D eigenvalue weighted by Gasteiger charge is -2.25. The average molecular weight is 288 g/mol. The SMILES string of the molecule is CCC(O)(CC)CNC(=O)c1ccc(-n2cncn2)cc1. The van der Waals surface area contributed by atoms with Gasteiger partial charge in [0.05, 0.1) is 11.3 Å². The van der Waals surface area contributed by atoms with Crippen LogP contribution < -0.4 is 5.32 Å². The van der Waals surface area contributed by atoms with Gasteiger partial charge in [0.1, 0.15) is 12.7 Å². The Morgan fingerprint density at radius 2 is 1.95 bits per heavy atom. The van der Waals surface area contributed by atoms with Crippen molar-refractivity contribution < 1.29 is 9.90 Å². The molecule has 1 amide bonds. The number of rotatable bonds is 6. The monoisotopic (exact) mass is 288 g/mol. The van der Waals surface area contributed by atoms with E-state index in [-0.39, 0.29) is 12.5 Å². The average Bonchev–Trinajstić information content (AvgIpc) is 3.07. The van der Waals surface area contributed by atoms with E-state index in [0.717, 1.165) is 5.69 Å². The zero-order valence-corrected chi connectivity index (χ0v) is 12.3. The van der Waals surface area contributed by atoms with Gasteiger partial charge in [0.15, 0.2) is 0 Å². The molecule has 2 N–H and O–H groups in total. The topological polar surface area (TPSA) is 80.0 Å². The third-order valence-corrected chi connectivity index (χ3v) is 3.71. The Labute approximate surface area is 123 Å². The first kappa shape index (κ1) is 15.2. The van der Waals surface area contributed by atoms with Gasteiger partial charge in [-0.15, -0.1) is 0 Å². The van der Waals surface area contributed by atoms with Gasteiger partial charge in [0.25, 0.3) is 5.91 Å². The Hall–Kier alpha value is -2.21. The number of carbonyl (C=O) groups is 1. The van der Waals surface area contributed by atoms with Crippen molar-refractivity contribution in [1.82, 2.24) is 20.1 Å². The third kappa shape index (κ3) is 3.66. The van der Waals surface area contributed by atoms with Gasteiger partial charge in [0.2, 0.25) is 0 Å². The second-order valence-corrected chi connectivity index (χ2v) is 5.00. The number of hydrogen-bond donors (Lipinski definition) is 2. The molecule has 21 heavy (non-hydrogen) atoms. The van der Waals surface area contributed by atoms with Crippen LogP contribution in [0.2, 0.25) is 0 Å². The van der Waals surface area contributed by atoms with Crippen LogP contribution in [-0.4, -0.2) is 37.9 Å². The van der Waals surface area contributed by atoms with Crippen molar-refractivity contribution in [3.63, 3.8) is 0 Å². The molecule has 0 aliphatic carbocycles. The molecular formula is C15H20N4O2. The highest BCUT2D eigenvalue weighted by Crippen LogP contribution is 2.13. The Morgan fingerprint density at radius 1 is 1.29 bits per heavy atom. The fourth-order valence-electron chi connectivity index (χ4n) is 1.95. The van der Waals surface area contributed by atoms with E-state index in [4.69, 9.17) is 0 Å². The minimum absolute atomic E-state index is 0.194. The molecular weight excluding hydrogens is 268 g/mol. The van der Waals surface area contributed by atoms with Gasteiger partial charge in [-0.3, -0.25) is 4.79 Å². The van der Waals surface area contributed by atoms with Gasteiger partial charge < -0.3 is 10.4 Å². The molecule has 0 unspecified atom stereocenters. The fourth-order valence-corrected chi connectivity index (χ4v) is 1.95. The van der Waals surface area contributed by atoms with Crippen molar-refractivity contribution in [2.45, 2.75) is 32.3 Å². The van der Waals surface area contributed by atoms with Crippen molar-refractivity contribution in [2.75, 3.05) is 6.54 Å². The maximum absolute atomic E-state index is 12.1. The molecule has 1 heterocycles. The molecule has 0 aliphatic heterocycles. The van der Waals surface area contributed by atoms with Crippen LogP contribution in [0.4, 0.5) is 0 Å². The van der Waals surface area contributed by atoms with Gasteiger partial charge >= 0.3 is 0 Å². The van der Waals surface area contributed by atoms with Crippen LogP contribution in [0.5, 0.6) is 0 Å². The molecule has 112 valence electrons. The minimum atomic E-state index is -0.837. The minimum Gasteiger partial charge on any atom is -0.388 e. The van der Waals surface area contributed by atoms with Crippen molar-refractivity contribution in [1.29, 1.82) is 0 Å². The number of carbonyl (C=O) groups excluding carboxylic acids is 1. The van der Waals surface area contributed by atoms with Gasteiger partial charge in [-0.05, 0) is 37.1 Å². The Balaban J connectivity index is 2.00.